The number of aromatic nitrogens is 5. The summed E-state index contributed by atoms with van der Waals surface area (Å²) in [6.07, 6.45) is 1.34. The minimum Gasteiger partial charge on any atom is -0.478 e. The maximum absolute atomic E-state index is 10.6. The summed E-state index contributed by atoms with van der Waals surface area (Å²) in [6.45, 7) is 0. The molecule has 0 bridgehead atoms. The van der Waals surface area contributed by atoms with Gasteiger partial charge in [0.2, 0.25) is 5.16 Å². The van der Waals surface area contributed by atoms with E-state index >= 15 is 0 Å². The van der Waals surface area contributed by atoms with Gasteiger partial charge in [-0.1, -0.05) is 11.8 Å². The summed E-state index contributed by atoms with van der Waals surface area (Å²) in [5, 5.41) is 20.4. The zero-order chi connectivity index (χ0) is 12.3. The Labute approximate surface area is 101 Å². The summed E-state index contributed by atoms with van der Waals surface area (Å²) in [4.78, 5) is 14.7. The average molecular weight is 251 g/mol. The van der Waals surface area contributed by atoms with Crippen molar-refractivity contribution in [3.63, 3.8) is 0 Å². The third-order valence-corrected chi connectivity index (χ3v) is 3.05. The van der Waals surface area contributed by atoms with E-state index in [1.165, 1.54) is 24.0 Å². The normalized spacial score (nSPS) is 10.4. The van der Waals surface area contributed by atoms with Crippen LogP contribution in [0.4, 0.5) is 0 Å². The van der Waals surface area contributed by atoms with Gasteiger partial charge in [-0.25, -0.2) is 9.48 Å². The number of aryl methyl sites for hydroxylation is 1. The zero-order valence-electron chi connectivity index (χ0n) is 8.94. The van der Waals surface area contributed by atoms with Gasteiger partial charge in [0.15, 0.2) is 0 Å². The highest BCUT2D eigenvalue weighted by Crippen LogP contribution is 2.17. The maximum atomic E-state index is 10.6. The molecule has 88 valence electrons. The van der Waals surface area contributed by atoms with E-state index in [-0.39, 0.29) is 5.56 Å². The average Bonchev–Trinajstić information content (AvgIpc) is 2.73. The molecule has 2 aromatic heterocycles. The molecule has 2 rings (SSSR count). The number of carbonyl (C=O) groups is 1. The lowest BCUT2D eigenvalue weighted by Gasteiger charge is -2.00. The quantitative estimate of drug-likeness (QED) is 0.795. The van der Waals surface area contributed by atoms with E-state index in [0.29, 0.717) is 10.9 Å². The van der Waals surface area contributed by atoms with Crippen molar-refractivity contribution in [1.29, 1.82) is 0 Å². The lowest BCUT2D eigenvalue weighted by molar-refractivity contribution is 0.0696. The van der Waals surface area contributed by atoms with E-state index in [9.17, 15) is 4.79 Å². The van der Waals surface area contributed by atoms with E-state index in [1.54, 1.807) is 17.8 Å². The highest BCUT2D eigenvalue weighted by molar-refractivity contribution is 7.98. The second-order valence-corrected chi connectivity index (χ2v) is 4.16. The Morgan fingerprint density at radius 2 is 2.35 bits per heavy atom. The van der Waals surface area contributed by atoms with Crippen LogP contribution in [0.25, 0.3) is 0 Å². The number of carboxylic acid groups (broad SMARTS) is 1. The molecule has 0 aromatic carbocycles. The molecule has 0 radical (unpaired) electrons. The summed E-state index contributed by atoms with van der Waals surface area (Å²) in [5.74, 6) is -0.386. The molecule has 0 aliphatic heterocycles. The second kappa shape index (κ2) is 4.91. The van der Waals surface area contributed by atoms with Crippen LogP contribution in [0.1, 0.15) is 16.1 Å². The minimum absolute atomic E-state index is 0.180. The van der Waals surface area contributed by atoms with Crippen molar-refractivity contribution >= 4 is 17.7 Å². The van der Waals surface area contributed by atoms with Crippen LogP contribution >= 0.6 is 11.8 Å². The van der Waals surface area contributed by atoms with Gasteiger partial charge < -0.3 is 5.11 Å². The first-order chi connectivity index (χ1) is 8.16. The van der Waals surface area contributed by atoms with Crippen molar-refractivity contribution in [3.8, 4) is 0 Å². The largest absolute Gasteiger partial charge is 0.478 e. The van der Waals surface area contributed by atoms with E-state index < -0.39 is 5.97 Å². The van der Waals surface area contributed by atoms with Crippen molar-refractivity contribution in [1.82, 2.24) is 25.2 Å². The molecular formula is C9H9N5O2S. The Morgan fingerprint density at radius 1 is 1.53 bits per heavy atom. The van der Waals surface area contributed by atoms with Gasteiger partial charge in [-0.15, -0.1) is 5.10 Å². The van der Waals surface area contributed by atoms with Crippen LogP contribution in [0.2, 0.25) is 0 Å². The smallest absolute Gasteiger partial charge is 0.337 e. The lowest BCUT2D eigenvalue weighted by atomic mass is 10.2. The Bertz CT molecular complexity index is 524. The van der Waals surface area contributed by atoms with Gasteiger partial charge in [-0.2, -0.15) is 0 Å². The number of hydrogen-bond donors (Lipinski definition) is 1. The number of carboxylic acids is 1. The van der Waals surface area contributed by atoms with Crippen LogP contribution in [0.3, 0.4) is 0 Å². The topological polar surface area (TPSA) is 93.8 Å². The number of pyridine rings is 1. The molecule has 0 unspecified atom stereocenters. The van der Waals surface area contributed by atoms with Gasteiger partial charge in [0.25, 0.3) is 0 Å². The van der Waals surface area contributed by atoms with Crippen molar-refractivity contribution in [3.05, 3.63) is 29.6 Å². The SMILES string of the molecule is Cn1nnnc1SCc1ccc(C(=O)O)cn1. The van der Waals surface area contributed by atoms with Crippen LogP contribution in [-0.2, 0) is 12.8 Å². The van der Waals surface area contributed by atoms with Gasteiger partial charge in [0.1, 0.15) is 0 Å². The van der Waals surface area contributed by atoms with Crippen LogP contribution < -0.4 is 0 Å². The fourth-order valence-corrected chi connectivity index (χ4v) is 1.88. The molecule has 0 saturated heterocycles. The Balaban J connectivity index is 2.00. The molecule has 1 N–H and O–H groups in total. The fourth-order valence-electron chi connectivity index (χ4n) is 1.12. The summed E-state index contributed by atoms with van der Waals surface area (Å²) in [7, 11) is 1.75. The summed E-state index contributed by atoms with van der Waals surface area (Å²) in [5.41, 5.74) is 0.960. The predicted octanol–water partition coefficient (Wildman–Crippen LogP) is 0.596. The molecule has 0 saturated carbocycles. The number of rotatable bonds is 4. The zero-order valence-corrected chi connectivity index (χ0v) is 9.76. The molecule has 0 atom stereocenters. The first-order valence-corrected chi connectivity index (χ1v) is 5.69. The van der Waals surface area contributed by atoms with Gasteiger partial charge in [-0.3, -0.25) is 4.98 Å². The van der Waals surface area contributed by atoms with Gasteiger partial charge in [-0.05, 0) is 22.6 Å². The molecule has 0 aliphatic carbocycles. The van der Waals surface area contributed by atoms with Crippen LogP contribution in [-0.4, -0.2) is 36.3 Å². The number of aromatic carboxylic acids is 1. The second-order valence-electron chi connectivity index (χ2n) is 3.22. The van der Waals surface area contributed by atoms with Crippen LogP contribution in [0.5, 0.6) is 0 Å². The minimum atomic E-state index is -0.978. The highest BCUT2D eigenvalue weighted by atomic mass is 32.2. The van der Waals surface area contributed by atoms with E-state index in [2.05, 4.69) is 20.5 Å². The van der Waals surface area contributed by atoms with Crippen LogP contribution in [0.15, 0.2) is 23.5 Å². The van der Waals surface area contributed by atoms with Gasteiger partial charge in [0, 0.05) is 19.0 Å². The molecular weight excluding hydrogens is 242 g/mol. The summed E-state index contributed by atoms with van der Waals surface area (Å²) < 4.78 is 1.57. The maximum Gasteiger partial charge on any atom is 0.337 e. The predicted molar refractivity (Wildman–Crippen MR) is 59.6 cm³/mol. The van der Waals surface area contributed by atoms with E-state index in [0.717, 1.165) is 5.69 Å². The number of tetrazole rings is 1. The summed E-state index contributed by atoms with van der Waals surface area (Å²) in [6, 6.07) is 3.21. The highest BCUT2D eigenvalue weighted by Gasteiger charge is 2.06. The number of thioether (sulfide) groups is 1. The molecule has 17 heavy (non-hydrogen) atoms. The third-order valence-electron chi connectivity index (χ3n) is 2.00. The molecule has 2 heterocycles. The number of nitrogens with zero attached hydrogens (tertiary/aromatic N) is 5. The first kappa shape index (κ1) is 11.5. The molecule has 2 aromatic rings. The Hall–Kier alpha value is -1.96. The molecule has 0 fully saturated rings. The fraction of sp³-hybridized carbons (Fsp3) is 0.222. The lowest BCUT2D eigenvalue weighted by Crippen LogP contribution is -1.98. The van der Waals surface area contributed by atoms with E-state index in [1.807, 2.05) is 0 Å². The standard InChI is InChI=1S/C9H9N5O2S/c1-14-9(11-12-13-14)17-5-7-3-2-6(4-10-7)8(15)16/h2-4H,5H2,1H3,(H,15,16). The van der Waals surface area contributed by atoms with Crippen LogP contribution in [0, 0.1) is 0 Å². The van der Waals surface area contributed by atoms with Crippen molar-refractivity contribution in [2.45, 2.75) is 10.9 Å². The van der Waals surface area contributed by atoms with Crippen molar-refractivity contribution < 1.29 is 9.90 Å². The monoisotopic (exact) mass is 251 g/mol. The number of hydrogen-bond acceptors (Lipinski definition) is 6. The van der Waals surface area contributed by atoms with Crippen molar-refractivity contribution in [2.75, 3.05) is 0 Å². The Morgan fingerprint density at radius 3 is 2.88 bits per heavy atom. The van der Waals surface area contributed by atoms with E-state index in [4.69, 9.17) is 5.11 Å². The molecule has 8 heteroatoms. The molecule has 0 amide bonds. The van der Waals surface area contributed by atoms with Crippen molar-refractivity contribution in [2.24, 2.45) is 7.05 Å². The van der Waals surface area contributed by atoms with Gasteiger partial charge >= 0.3 is 5.97 Å². The molecule has 0 spiro atoms. The van der Waals surface area contributed by atoms with Gasteiger partial charge in [0.05, 0.1) is 11.3 Å². The first-order valence-electron chi connectivity index (χ1n) is 4.70. The molecule has 0 aliphatic rings. The summed E-state index contributed by atoms with van der Waals surface area (Å²) >= 11 is 1.44. The molecule has 7 nitrogen and oxygen atoms in total. The Kier molecular flexibility index (Phi) is 3.33. The third kappa shape index (κ3) is 2.78.